The van der Waals surface area contributed by atoms with Crippen molar-refractivity contribution in [3.8, 4) is 17.6 Å². The summed E-state index contributed by atoms with van der Waals surface area (Å²) in [6, 6.07) is 7.24. The molecule has 0 saturated heterocycles. The Bertz CT molecular complexity index is 433. The molecule has 0 bridgehead atoms. The third kappa shape index (κ3) is 4.17. The molecule has 1 N–H and O–H groups in total. The van der Waals surface area contributed by atoms with Crippen LogP contribution in [-0.2, 0) is 0 Å². The minimum absolute atomic E-state index is 0.0147. The summed E-state index contributed by atoms with van der Waals surface area (Å²) in [5.41, 5.74) is 0.895. The summed E-state index contributed by atoms with van der Waals surface area (Å²) in [7, 11) is 1.54. The molecule has 17 heavy (non-hydrogen) atoms. The van der Waals surface area contributed by atoms with E-state index in [0.29, 0.717) is 11.5 Å². The molecule has 0 aliphatic carbocycles. The number of benzene rings is 1. The van der Waals surface area contributed by atoms with Crippen molar-refractivity contribution in [1.82, 2.24) is 0 Å². The van der Waals surface area contributed by atoms with Crippen LogP contribution in [0.1, 0.15) is 12.5 Å². The predicted octanol–water partition coefficient (Wildman–Crippen LogP) is 1.99. The fraction of sp³-hybridized carbons (Fsp3) is 0.308. The molecule has 4 heteroatoms. The highest BCUT2D eigenvalue weighted by Gasteiger charge is 2.04. The summed E-state index contributed by atoms with van der Waals surface area (Å²) in [6.07, 6.45) is 2.97. The third-order valence-electron chi connectivity index (χ3n) is 2.05. The van der Waals surface area contributed by atoms with Gasteiger partial charge in [0.25, 0.3) is 0 Å². The van der Waals surface area contributed by atoms with Crippen LogP contribution in [0, 0.1) is 11.3 Å². The zero-order valence-corrected chi connectivity index (χ0v) is 9.88. The Kier molecular flexibility index (Phi) is 5.05. The molecule has 4 nitrogen and oxygen atoms in total. The van der Waals surface area contributed by atoms with Crippen molar-refractivity contribution in [2.75, 3.05) is 13.7 Å². The molecule has 0 fully saturated rings. The van der Waals surface area contributed by atoms with Crippen LogP contribution in [0.25, 0.3) is 6.08 Å². The van der Waals surface area contributed by atoms with Gasteiger partial charge in [-0.25, -0.2) is 0 Å². The van der Waals surface area contributed by atoms with E-state index >= 15 is 0 Å². The van der Waals surface area contributed by atoms with Crippen LogP contribution < -0.4 is 9.47 Å². The van der Waals surface area contributed by atoms with Crippen molar-refractivity contribution in [3.05, 3.63) is 29.8 Å². The predicted molar refractivity (Wildman–Crippen MR) is 64.8 cm³/mol. The van der Waals surface area contributed by atoms with E-state index in [1.165, 1.54) is 7.11 Å². The largest absolute Gasteiger partial charge is 0.493 e. The SMILES string of the molecule is COc1cc(/C=C/C(C)O)ccc1OCC#N. The second kappa shape index (κ2) is 6.56. The van der Waals surface area contributed by atoms with E-state index in [0.717, 1.165) is 5.56 Å². The molecule has 1 aromatic rings. The number of rotatable bonds is 5. The quantitative estimate of drug-likeness (QED) is 0.844. The highest BCUT2D eigenvalue weighted by atomic mass is 16.5. The molecule has 0 saturated carbocycles. The molecule has 90 valence electrons. The van der Waals surface area contributed by atoms with Crippen LogP contribution in [0.4, 0.5) is 0 Å². The summed E-state index contributed by atoms with van der Waals surface area (Å²) in [4.78, 5) is 0. The fourth-order valence-electron chi connectivity index (χ4n) is 1.27. The molecular weight excluding hydrogens is 218 g/mol. The lowest BCUT2D eigenvalue weighted by atomic mass is 10.1. The van der Waals surface area contributed by atoms with Gasteiger partial charge in [0.2, 0.25) is 0 Å². The first kappa shape index (κ1) is 13.1. The minimum atomic E-state index is -0.490. The Labute approximate surface area is 101 Å². The van der Waals surface area contributed by atoms with E-state index in [-0.39, 0.29) is 6.61 Å². The van der Waals surface area contributed by atoms with Gasteiger partial charge in [-0.3, -0.25) is 0 Å². The van der Waals surface area contributed by atoms with Gasteiger partial charge in [0, 0.05) is 0 Å². The molecule has 1 aromatic carbocycles. The van der Waals surface area contributed by atoms with Crippen molar-refractivity contribution in [2.24, 2.45) is 0 Å². The highest BCUT2D eigenvalue weighted by Crippen LogP contribution is 2.28. The Morgan fingerprint density at radius 1 is 1.47 bits per heavy atom. The monoisotopic (exact) mass is 233 g/mol. The normalized spacial score (nSPS) is 12.1. The lowest BCUT2D eigenvalue weighted by Gasteiger charge is -2.08. The van der Waals surface area contributed by atoms with Crippen LogP contribution in [0.2, 0.25) is 0 Å². The van der Waals surface area contributed by atoms with Crippen LogP contribution in [0.5, 0.6) is 11.5 Å². The molecule has 1 atom stereocenters. The van der Waals surface area contributed by atoms with Crippen molar-refractivity contribution in [2.45, 2.75) is 13.0 Å². The first-order valence-corrected chi connectivity index (χ1v) is 5.21. The topological polar surface area (TPSA) is 62.5 Å². The van der Waals surface area contributed by atoms with Gasteiger partial charge in [0.1, 0.15) is 6.07 Å². The summed E-state index contributed by atoms with van der Waals surface area (Å²) >= 11 is 0. The molecule has 0 spiro atoms. The third-order valence-corrected chi connectivity index (χ3v) is 2.05. The molecule has 0 aromatic heterocycles. The number of aliphatic hydroxyl groups excluding tert-OH is 1. The molecule has 0 amide bonds. The van der Waals surface area contributed by atoms with E-state index in [9.17, 15) is 0 Å². The zero-order valence-electron chi connectivity index (χ0n) is 9.88. The van der Waals surface area contributed by atoms with Gasteiger partial charge in [-0.2, -0.15) is 5.26 Å². The van der Waals surface area contributed by atoms with Gasteiger partial charge >= 0.3 is 0 Å². The molecule has 0 heterocycles. The number of methoxy groups -OCH3 is 1. The molecule has 1 unspecified atom stereocenters. The lowest BCUT2D eigenvalue weighted by Crippen LogP contribution is -1.97. The van der Waals surface area contributed by atoms with Crippen molar-refractivity contribution in [1.29, 1.82) is 5.26 Å². The van der Waals surface area contributed by atoms with Crippen LogP contribution in [-0.4, -0.2) is 24.9 Å². The lowest BCUT2D eigenvalue weighted by molar-refractivity contribution is 0.245. The van der Waals surface area contributed by atoms with Crippen molar-refractivity contribution < 1.29 is 14.6 Å². The van der Waals surface area contributed by atoms with E-state index in [1.807, 2.05) is 12.1 Å². The number of hydrogen-bond donors (Lipinski definition) is 1. The van der Waals surface area contributed by atoms with E-state index in [4.69, 9.17) is 19.8 Å². The van der Waals surface area contributed by atoms with Gasteiger partial charge in [0.15, 0.2) is 18.1 Å². The van der Waals surface area contributed by atoms with Crippen LogP contribution >= 0.6 is 0 Å². The summed E-state index contributed by atoms with van der Waals surface area (Å²) in [5.74, 6) is 1.09. The van der Waals surface area contributed by atoms with E-state index in [1.54, 1.807) is 31.2 Å². The van der Waals surface area contributed by atoms with Gasteiger partial charge < -0.3 is 14.6 Å². The molecule has 0 aliphatic heterocycles. The number of nitrogens with zero attached hydrogens (tertiary/aromatic N) is 1. The smallest absolute Gasteiger partial charge is 0.174 e. The van der Waals surface area contributed by atoms with Gasteiger partial charge in [-0.15, -0.1) is 0 Å². The zero-order chi connectivity index (χ0) is 12.7. The fourth-order valence-corrected chi connectivity index (χ4v) is 1.27. The molecule has 0 aliphatic rings. The minimum Gasteiger partial charge on any atom is -0.493 e. The maximum Gasteiger partial charge on any atom is 0.174 e. The van der Waals surface area contributed by atoms with Crippen LogP contribution in [0.15, 0.2) is 24.3 Å². The number of hydrogen-bond acceptors (Lipinski definition) is 4. The Morgan fingerprint density at radius 2 is 2.24 bits per heavy atom. The molecular formula is C13H15NO3. The number of ether oxygens (including phenoxy) is 2. The second-order valence-electron chi connectivity index (χ2n) is 3.46. The first-order valence-electron chi connectivity index (χ1n) is 5.21. The summed E-state index contributed by atoms with van der Waals surface area (Å²) in [5, 5.41) is 17.6. The molecule has 0 radical (unpaired) electrons. The number of aliphatic hydroxyl groups is 1. The Balaban J connectivity index is 2.88. The summed E-state index contributed by atoms with van der Waals surface area (Å²) < 4.78 is 10.4. The van der Waals surface area contributed by atoms with Crippen molar-refractivity contribution in [3.63, 3.8) is 0 Å². The average Bonchev–Trinajstić information content (AvgIpc) is 2.34. The Hall–Kier alpha value is -1.99. The standard InChI is InChI=1S/C13H15NO3/c1-10(15)3-4-11-5-6-12(17-8-7-14)13(9-11)16-2/h3-6,9-10,15H,8H2,1-2H3/b4-3+. The second-order valence-corrected chi connectivity index (χ2v) is 3.46. The van der Waals surface area contributed by atoms with Gasteiger partial charge in [-0.1, -0.05) is 18.2 Å². The van der Waals surface area contributed by atoms with Crippen molar-refractivity contribution >= 4 is 6.08 Å². The van der Waals surface area contributed by atoms with Gasteiger partial charge in [0.05, 0.1) is 13.2 Å². The maximum atomic E-state index is 9.13. The van der Waals surface area contributed by atoms with E-state index in [2.05, 4.69) is 0 Å². The van der Waals surface area contributed by atoms with Crippen LogP contribution in [0.3, 0.4) is 0 Å². The first-order chi connectivity index (χ1) is 8.17. The average molecular weight is 233 g/mol. The van der Waals surface area contributed by atoms with Gasteiger partial charge in [-0.05, 0) is 24.6 Å². The number of nitriles is 1. The maximum absolute atomic E-state index is 9.13. The van der Waals surface area contributed by atoms with E-state index < -0.39 is 6.10 Å². The molecule has 1 rings (SSSR count). The highest BCUT2D eigenvalue weighted by molar-refractivity contribution is 5.56. The summed E-state index contributed by atoms with van der Waals surface area (Å²) in [6.45, 7) is 1.66. The Morgan fingerprint density at radius 3 is 2.82 bits per heavy atom.